The highest BCUT2D eigenvalue weighted by Gasteiger charge is 2.45. The van der Waals surface area contributed by atoms with Gasteiger partial charge in [-0.25, -0.2) is 0 Å². The van der Waals surface area contributed by atoms with Crippen LogP contribution in [0.4, 0.5) is 5.69 Å². The van der Waals surface area contributed by atoms with Crippen LogP contribution in [0.5, 0.6) is 0 Å². The molecule has 3 nitrogen and oxygen atoms in total. The van der Waals surface area contributed by atoms with Crippen LogP contribution < -0.4 is 4.90 Å². The molecular formula is C19H21NO2S. The smallest absolute Gasteiger partial charge is 0.238 e. The number of carbonyl (C=O) groups excluding carboxylic acids is 1. The zero-order valence-corrected chi connectivity index (χ0v) is 14.0. The monoisotopic (exact) mass is 327 g/mol. The van der Waals surface area contributed by atoms with Crippen LogP contribution in [0, 0.1) is 0 Å². The summed E-state index contributed by atoms with van der Waals surface area (Å²) in [7, 11) is 0. The average Bonchev–Trinajstić information content (AvgIpc) is 3.16. The van der Waals surface area contributed by atoms with Crippen LogP contribution in [0.1, 0.15) is 29.7 Å². The fourth-order valence-electron chi connectivity index (χ4n) is 3.84. The van der Waals surface area contributed by atoms with E-state index in [9.17, 15) is 4.79 Å². The van der Waals surface area contributed by atoms with Crippen molar-refractivity contribution in [3.63, 3.8) is 0 Å². The summed E-state index contributed by atoms with van der Waals surface area (Å²) in [6.45, 7) is 2.15. The number of hydrogen-bond acceptors (Lipinski definition) is 3. The summed E-state index contributed by atoms with van der Waals surface area (Å²) in [5, 5.41) is 2.07. The molecule has 120 valence electrons. The lowest BCUT2D eigenvalue weighted by Crippen LogP contribution is -2.51. The number of para-hydroxylation sites is 1. The number of anilines is 1. The van der Waals surface area contributed by atoms with Gasteiger partial charge in [-0.15, -0.1) is 11.3 Å². The molecule has 4 rings (SSSR count). The van der Waals surface area contributed by atoms with E-state index in [4.69, 9.17) is 4.74 Å². The van der Waals surface area contributed by atoms with Crippen LogP contribution in [0.2, 0.25) is 0 Å². The number of nitrogens with zero attached hydrogens (tertiary/aromatic N) is 1. The molecule has 1 amide bonds. The molecule has 0 radical (unpaired) electrons. The molecule has 0 bridgehead atoms. The number of benzene rings is 1. The molecule has 2 aliphatic rings. The van der Waals surface area contributed by atoms with Crippen molar-refractivity contribution in [2.45, 2.75) is 31.1 Å². The Bertz CT molecular complexity index is 689. The fourth-order valence-corrected chi connectivity index (χ4v) is 4.82. The number of carbonyl (C=O) groups is 1. The predicted molar refractivity (Wildman–Crippen MR) is 93.2 cm³/mol. The third-order valence-corrected chi connectivity index (χ3v) is 6.18. The second-order valence-corrected chi connectivity index (χ2v) is 7.31. The van der Waals surface area contributed by atoms with E-state index in [2.05, 4.69) is 35.7 Å². The van der Waals surface area contributed by atoms with E-state index < -0.39 is 5.41 Å². The molecular weight excluding hydrogens is 306 g/mol. The van der Waals surface area contributed by atoms with Gasteiger partial charge in [0.15, 0.2) is 0 Å². The van der Waals surface area contributed by atoms with E-state index in [1.54, 1.807) is 11.3 Å². The quantitative estimate of drug-likeness (QED) is 0.840. The highest BCUT2D eigenvalue weighted by molar-refractivity contribution is 7.10. The first-order chi connectivity index (χ1) is 11.3. The van der Waals surface area contributed by atoms with Crippen LogP contribution >= 0.6 is 11.3 Å². The van der Waals surface area contributed by atoms with Crippen LogP contribution in [-0.4, -0.2) is 25.7 Å². The van der Waals surface area contributed by atoms with E-state index in [1.807, 2.05) is 11.0 Å². The van der Waals surface area contributed by atoms with Crippen molar-refractivity contribution in [2.24, 2.45) is 0 Å². The zero-order chi connectivity index (χ0) is 15.7. The van der Waals surface area contributed by atoms with Crippen molar-refractivity contribution >= 4 is 22.9 Å². The van der Waals surface area contributed by atoms with Crippen molar-refractivity contribution in [1.29, 1.82) is 0 Å². The second kappa shape index (κ2) is 6.10. The van der Waals surface area contributed by atoms with Crippen LogP contribution in [0.25, 0.3) is 0 Å². The number of thiophene rings is 1. The lowest BCUT2D eigenvalue weighted by atomic mass is 9.77. The summed E-state index contributed by atoms with van der Waals surface area (Å²) < 4.78 is 5.56. The number of ether oxygens (including phenoxy) is 1. The van der Waals surface area contributed by atoms with Crippen LogP contribution in [0.15, 0.2) is 41.8 Å². The fraction of sp³-hybridized carbons (Fsp3) is 0.421. The maximum Gasteiger partial charge on any atom is 0.238 e. The number of fused-ring (bicyclic) bond motifs is 1. The summed E-state index contributed by atoms with van der Waals surface area (Å²) in [6.07, 6.45) is 3.67. The molecule has 2 aromatic rings. The first-order valence-electron chi connectivity index (χ1n) is 8.33. The molecule has 1 aromatic heterocycles. The van der Waals surface area contributed by atoms with Crippen molar-refractivity contribution in [3.05, 3.63) is 52.2 Å². The number of rotatable bonds is 2. The standard InChI is InChI=1S/C19H21NO2S/c21-18(20-11-3-6-15-5-1-2-7-16(15)20)19(9-12-22-13-10-19)17-8-4-14-23-17/h1-2,4-5,7-8,14H,3,6,9-13H2. The Kier molecular flexibility index (Phi) is 3.95. The maximum atomic E-state index is 13.6. The average molecular weight is 327 g/mol. The third kappa shape index (κ3) is 2.50. The molecule has 1 aromatic carbocycles. The van der Waals surface area contributed by atoms with Gasteiger partial charge in [0.05, 0.1) is 5.41 Å². The Morgan fingerprint density at radius 3 is 2.74 bits per heavy atom. The Balaban J connectivity index is 1.75. The molecule has 3 heterocycles. The Morgan fingerprint density at radius 2 is 1.96 bits per heavy atom. The van der Waals surface area contributed by atoms with Crippen LogP contribution in [0.3, 0.4) is 0 Å². The Morgan fingerprint density at radius 1 is 1.13 bits per heavy atom. The van der Waals surface area contributed by atoms with Gasteiger partial charge in [0, 0.05) is 30.3 Å². The van der Waals surface area contributed by atoms with Gasteiger partial charge in [-0.2, -0.15) is 0 Å². The number of hydrogen-bond donors (Lipinski definition) is 0. The summed E-state index contributed by atoms with van der Waals surface area (Å²) in [5.41, 5.74) is 1.99. The highest BCUT2D eigenvalue weighted by Crippen LogP contribution is 2.41. The minimum absolute atomic E-state index is 0.260. The molecule has 1 saturated heterocycles. The molecule has 4 heteroatoms. The normalized spacial score (nSPS) is 20.1. The van der Waals surface area contributed by atoms with E-state index in [1.165, 1.54) is 10.4 Å². The predicted octanol–water partition coefficient (Wildman–Crippen LogP) is 3.78. The largest absolute Gasteiger partial charge is 0.381 e. The Hall–Kier alpha value is -1.65. The molecule has 0 aliphatic carbocycles. The summed E-state index contributed by atoms with van der Waals surface area (Å²) in [4.78, 5) is 16.8. The minimum Gasteiger partial charge on any atom is -0.381 e. The SMILES string of the molecule is O=C(N1CCCc2ccccc21)C1(c2cccs2)CCOCC1. The molecule has 23 heavy (non-hydrogen) atoms. The van der Waals surface area contributed by atoms with Gasteiger partial charge in [-0.05, 0) is 48.8 Å². The van der Waals surface area contributed by atoms with Gasteiger partial charge in [-0.3, -0.25) is 4.79 Å². The highest BCUT2D eigenvalue weighted by atomic mass is 32.1. The molecule has 0 spiro atoms. The molecule has 1 fully saturated rings. The van der Waals surface area contributed by atoms with E-state index in [0.29, 0.717) is 13.2 Å². The van der Waals surface area contributed by atoms with Gasteiger partial charge in [0.1, 0.15) is 0 Å². The Labute approximate surface area is 140 Å². The lowest BCUT2D eigenvalue weighted by molar-refractivity contribution is -0.127. The van der Waals surface area contributed by atoms with Gasteiger partial charge >= 0.3 is 0 Å². The summed E-state index contributed by atoms with van der Waals surface area (Å²) in [5.74, 6) is 0.260. The molecule has 0 saturated carbocycles. The van der Waals surface area contributed by atoms with Crippen molar-refractivity contribution in [3.8, 4) is 0 Å². The topological polar surface area (TPSA) is 29.5 Å². The molecule has 0 unspecified atom stereocenters. The number of amides is 1. The lowest BCUT2D eigenvalue weighted by Gasteiger charge is -2.41. The van der Waals surface area contributed by atoms with E-state index in [-0.39, 0.29) is 5.91 Å². The summed E-state index contributed by atoms with van der Waals surface area (Å²) >= 11 is 1.70. The molecule has 0 atom stereocenters. The first kappa shape index (κ1) is 14.9. The van der Waals surface area contributed by atoms with Gasteiger partial charge in [0.2, 0.25) is 5.91 Å². The van der Waals surface area contributed by atoms with Crippen molar-refractivity contribution in [1.82, 2.24) is 0 Å². The van der Waals surface area contributed by atoms with E-state index >= 15 is 0 Å². The van der Waals surface area contributed by atoms with Gasteiger partial charge in [-0.1, -0.05) is 24.3 Å². The van der Waals surface area contributed by atoms with Gasteiger partial charge < -0.3 is 9.64 Å². The van der Waals surface area contributed by atoms with Crippen molar-refractivity contribution < 1.29 is 9.53 Å². The minimum atomic E-state index is -0.406. The third-order valence-electron chi connectivity index (χ3n) is 5.10. The maximum absolute atomic E-state index is 13.6. The first-order valence-corrected chi connectivity index (χ1v) is 9.21. The number of aryl methyl sites for hydroxylation is 1. The van der Waals surface area contributed by atoms with E-state index in [0.717, 1.165) is 37.9 Å². The summed E-state index contributed by atoms with van der Waals surface area (Å²) in [6, 6.07) is 12.5. The zero-order valence-electron chi connectivity index (χ0n) is 13.2. The molecule has 2 aliphatic heterocycles. The van der Waals surface area contributed by atoms with Crippen molar-refractivity contribution in [2.75, 3.05) is 24.7 Å². The second-order valence-electron chi connectivity index (χ2n) is 6.36. The molecule has 0 N–H and O–H groups in total. The van der Waals surface area contributed by atoms with Gasteiger partial charge in [0.25, 0.3) is 0 Å². The van der Waals surface area contributed by atoms with Crippen LogP contribution in [-0.2, 0) is 21.4 Å².